The third kappa shape index (κ3) is 3.37. The second-order valence-corrected chi connectivity index (χ2v) is 6.79. The average molecular weight is 375 g/mol. The average Bonchev–Trinajstić information content (AvgIpc) is 3.27. The molecule has 27 heavy (non-hydrogen) atoms. The summed E-state index contributed by atoms with van der Waals surface area (Å²) in [6.45, 7) is 0. The first-order valence-electron chi connectivity index (χ1n) is 9.06. The molecule has 4 aromatic carbocycles. The molecule has 1 heteroatoms. The summed E-state index contributed by atoms with van der Waals surface area (Å²) in [5.41, 5.74) is 11.0. The van der Waals surface area contributed by atoms with Gasteiger partial charge in [0.25, 0.3) is 0 Å². The van der Waals surface area contributed by atoms with Crippen LogP contribution in [0.4, 0.5) is 0 Å². The van der Waals surface area contributed by atoms with Crippen LogP contribution < -0.4 is 0 Å². The van der Waals surface area contributed by atoms with Crippen LogP contribution in [0, 0.1) is 12.1 Å². The van der Waals surface area contributed by atoms with E-state index in [1.165, 1.54) is 44.5 Å². The van der Waals surface area contributed by atoms with Gasteiger partial charge in [-0.1, -0.05) is 70.8 Å². The van der Waals surface area contributed by atoms with Crippen LogP contribution >= 0.6 is 0 Å². The van der Waals surface area contributed by atoms with Gasteiger partial charge in [-0.3, -0.25) is 0 Å². The maximum Gasteiger partial charge on any atom is 3.00 e. The standard InChI is InChI=1S/2C13H9.Sc/c2*1-3-7-12-10(5-1)9-11-6-2-4-8-13(11)12;/h2*1-5,7-8H,9H2;/q2*-1;+3. The van der Waals surface area contributed by atoms with Crippen molar-refractivity contribution in [3.05, 3.63) is 119 Å². The van der Waals surface area contributed by atoms with Crippen LogP contribution in [0.1, 0.15) is 22.3 Å². The summed E-state index contributed by atoms with van der Waals surface area (Å²) in [5, 5.41) is 0. The van der Waals surface area contributed by atoms with E-state index in [0.29, 0.717) is 0 Å². The predicted octanol–water partition coefficient (Wildman–Crippen LogP) is 6.11. The fraction of sp³-hybridized carbons (Fsp3) is 0.0769. The van der Waals surface area contributed by atoms with E-state index in [2.05, 4.69) is 84.9 Å². The minimum absolute atomic E-state index is 0. The fourth-order valence-electron chi connectivity index (χ4n) is 4.00. The summed E-state index contributed by atoms with van der Waals surface area (Å²) in [6.07, 6.45) is 2.10. The van der Waals surface area contributed by atoms with Crippen molar-refractivity contribution in [2.75, 3.05) is 0 Å². The van der Waals surface area contributed by atoms with Gasteiger partial charge in [0, 0.05) is 0 Å². The van der Waals surface area contributed by atoms with E-state index < -0.39 is 0 Å². The van der Waals surface area contributed by atoms with Crippen molar-refractivity contribution in [3.8, 4) is 22.3 Å². The predicted molar refractivity (Wildman–Crippen MR) is 107 cm³/mol. The molecule has 0 fully saturated rings. The zero-order valence-corrected chi connectivity index (χ0v) is 16.9. The second kappa shape index (κ2) is 7.78. The van der Waals surface area contributed by atoms with Crippen molar-refractivity contribution in [3.63, 3.8) is 0 Å². The molecule has 0 bridgehead atoms. The zero-order chi connectivity index (χ0) is 17.3. The molecule has 0 amide bonds. The van der Waals surface area contributed by atoms with Crippen LogP contribution in [0.3, 0.4) is 0 Å². The molecule has 4 aromatic rings. The molecule has 0 heterocycles. The molecule has 0 radical (unpaired) electrons. The Balaban J connectivity index is 0.000000129. The molecule has 0 nitrogen and oxygen atoms in total. The van der Waals surface area contributed by atoms with Crippen LogP contribution in [-0.4, -0.2) is 0 Å². The second-order valence-electron chi connectivity index (χ2n) is 6.79. The van der Waals surface area contributed by atoms with Crippen LogP contribution in [0.2, 0.25) is 0 Å². The van der Waals surface area contributed by atoms with Gasteiger partial charge in [0.05, 0.1) is 0 Å². The van der Waals surface area contributed by atoms with Crippen molar-refractivity contribution in [1.29, 1.82) is 0 Å². The van der Waals surface area contributed by atoms with E-state index >= 15 is 0 Å². The summed E-state index contributed by atoms with van der Waals surface area (Å²) in [7, 11) is 0. The molecule has 0 N–H and O–H groups in total. The molecular weight excluding hydrogens is 357 g/mol. The summed E-state index contributed by atoms with van der Waals surface area (Å²) in [4.78, 5) is 0. The van der Waals surface area contributed by atoms with Crippen molar-refractivity contribution in [1.82, 2.24) is 0 Å². The van der Waals surface area contributed by atoms with Crippen LogP contribution in [0.15, 0.2) is 84.9 Å². The Labute approximate surface area is 179 Å². The Morgan fingerprint density at radius 1 is 0.481 bits per heavy atom. The zero-order valence-electron chi connectivity index (χ0n) is 15.1. The molecule has 2 aliphatic rings. The molecule has 0 saturated heterocycles. The minimum Gasteiger partial charge on any atom is -0.179 e. The number of hydrogen-bond donors (Lipinski definition) is 0. The van der Waals surface area contributed by atoms with Gasteiger partial charge < -0.3 is 0 Å². The molecule has 0 aromatic heterocycles. The van der Waals surface area contributed by atoms with Crippen LogP contribution in [0.25, 0.3) is 22.3 Å². The molecular formula is C26H18Sc+. The van der Waals surface area contributed by atoms with E-state index in [0.717, 1.165) is 12.8 Å². The smallest absolute Gasteiger partial charge is 0.179 e. The monoisotopic (exact) mass is 375 g/mol. The van der Waals surface area contributed by atoms with E-state index in [1.54, 1.807) is 0 Å². The summed E-state index contributed by atoms with van der Waals surface area (Å²) in [5.74, 6) is 0. The van der Waals surface area contributed by atoms with Gasteiger partial charge in [-0.05, 0) is 12.8 Å². The van der Waals surface area contributed by atoms with Crippen molar-refractivity contribution in [2.24, 2.45) is 0 Å². The third-order valence-corrected chi connectivity index (χ3v) is 5.23. The minimum atomic E-state index is 0. The maximum absolute atomic E-state index is 3.30. The molecule has 0 aliphatic heterocycles. The van der Waals surface area contributed by atoms with Gasteiger partial charge in [0.15, 0.2) is 0 Å². The Bertz CT molecular complexity index is 918. The largest absolute Gasteiger partial charge is 3.00 e. The maximum atomic E-state index is 3.30. The fourth-order valence-corrected chi connectivity index (χ4v) is 4.00. The normalized spacial score (nSPS) is 11.9. The van der Waals surface area contributed by atoms with Crippen molar-refractivity contribution in [2.45, 2.75) is 12.8 Å². The summed E-state index contributed by atoms with van der Waals surface area (Å²) < 4.78 is 0. The first-order chi connectivity index (χ1) is 12.9. The summed E-state index contributed by atoms with van der Waals surface area (Å²) in [6, 6.07) is 36.2. The van der Waals surface area contributed by atoms with Gasteiger partial charge in [-0.15, -0.1) is 11.1 Å². The number of fused-ring (bicyclic) bond motifs is 6. The number of benzene rings is 4. The van der Waals surface area contributed by atoms with E-state index in [-0.39, 0.29) is 25.8 Å². The molecule has 0 saturated carbocycles. The Kier molecular flexibility index (Phi) is 5.22. The van der Waals surface area contributed by atoms with Gasteiger partial charge in [-0.25, -0.2) is 0 Å². The number of rotatable bonds is 0. The van der Waals surface area contributed by atoms with Gasteiger partial charge in [0.2, 0.25) is 0 Å². The molecule has 2 aliphatic carbocycles. The van der Waals surface area contributed by atoms with E-state index in [9.17, 15) is 0 Å². The Morgan fingerprint density at radius 2 is 0.889 bits per heavy atom. The molecule has 124 valence electrons. The molecule has 0 atom stereocenters. The number of hydrogen-bond acceptors (Lipinski definition) is 0. The summed E-state index contributed by atoms with van der Waals surface area (Å²) >= 11 is 0. The third-order valence-electron chi connectivity index (χ3n) is 5.23. The van der Waals surface area contributed by atoms with Crippen LogP contribution in [0.5, 0.6) is 0 Å². The first kappa shape index (κ1) is 18.1. The SMILES string of the molecule is [Sc+3].[c-]1cccc2c1Cc1ccccc1-2.[c-]1cccc2c1Cc1ccccc1-2. The van der Waals surface area contributed by atoms with Crippen molar-refractivity contribution < 1.29 is 25.8 Å². The van der Waals surface area contributed by atoms with E-state index in [4.69, 9.17) is 0 Å². The Hall–Kier alpha value is -2.25. The first-order valence-corrected chi connectivity index (χ1v) is 9.06. The van der Waals surface area contributed by atoms with Crippen molar-refractivity contribution >= 4 is 0 Å². The molecule has 0 spiro atoms. The Morgan fingerprint density at radius 3 is 1.37 bits per heavy atom. The van der Waals surface area contributed by atoms with Gasteiger partial charge in [0.1, 0.15) is 0 Å². The van der Waals surface area contributed by atoms with E-state index in [1.807, 2.05) is 12.1 Å². The topological polar surface area (TPSA) is 0 Å². The quantitative estimate of drug-likeness (QED) is 0.281. The van der Waals surface area contributed by atoms with Crippen LogP contribution in [-0.2, 0) is 38.7 Å². The molecule has 6 rings (SSSR count). The van der Waals surface area contributed by atoms with Gasteiger partial charge in [-0.2, -0.15) is 59.7 Å². The van der Waals surface area contributed by atoms with Gasteiger partial charge >= 0.3 is 25.8 Å². The molecule has 0 unspecified atom stereocenters.